The van der Waals surface area contributed by atoms with Gasteiger partial charge in [0.1, 0.15) is 0 Å². The molecule has 3 aliphatic rings. The summed E-state index contributed by atoms with van der Waals surface area (Å²) in [6, 6.07) is 20.2. The van der Waals surface area contributed by atoms with Gasteiger partial charge >= 0.3 is 165 Å². The molecule has 0 aliphatic carbocycles. The third-order valence-electron chi connectivity index (χ3n) is 6.51. The van der Waals surface area contributed by atoms with Crippen LogP contribution in [0.4, 0.5) is 0 Å². The Morgan fingerprint density at radius 2 is 0.923 bits per heavy atom. The van der Waals surface area contributed by atoms with Crippen LogP contribution >= 0.6 is 0 Å². The molecule has 2 aromatic rings. The van der Waals surface area contributed by atoms with Gasteiger partial charge < -0.3 is 0 Å². The number of rotatable bonds is 2. The molecule has 3 fully saturated rings. The van der Waals surface area contributed by atoms with Crippen molar-refractivity contribution in [3.8, 4) is 0 Å². The van der Waals surface area contributed by atoms with Gasteiger partial charge in [-0.25, -0.2) is 0 Å². The quantitative estimate of drug-likeness (QED) is 0.583. The zero-order valence-electron chi connectivity index (χ0n) is 15.8. The third-order valence-corrected chi connectivity index (χ3v) is 24.1. The molecule has 0 saturated carbocycles. The minimum atomic E-state index is -2.50. The fraction of sp³-hybridized carbons (Fsp3) is 0.455. The van der Waals surface area contributed by atoms with E-state index < -0.39 is 34.1 Å². The van der Waals surface area contributed by atoms with Crippen molar-refractivity contribution >= 4 is 27.7 Å². The zero-order valence-corrected chi connectivity index (χ0v) is 19.2. The zero-order chi connectivity index (χ0) is 18.8. The van der Waals surface area contributed by atoms with Crippen LogP contribution in [0.1, 0.15) is 51.7 Å². The van der Waals surface area contributed by atoms with Crippen molar-refractivity contribution in [2.45, 2.75) is 47.0 Å². The molecular weight excluding hydrogens is 454 g/mol. The summed E-state index contributed by atoms with van der Waals surface area (Å²) < 4.78 is 27.5. The van der Waals surface area contributed by atoms with Crippen molar-refractivity contribution < 1.29 is 7.67 Å². The molecule has 2 nitrogen and oxygen atoms in total. The second-order valence-corrected chi connectivity index (χ2v) is 18.8. The van der Waals surface area contributed by atoms with Gasteiger partial charge in [0, 0.05) is 0 Å². The van der Waals surface area contributed by atoms with E-state index in [0.717, 1.165) is 24.0 Å². The molecule has 0 aromatic heterocycles. The fourth-order valence-electron chi connectivity index (χ4n) is 4.99. The van der Waals surface area contributed by atoms with Gasteiger partial charge in [0.05, 0.1) is 0 Å². The molecule has 0 amide bonds. The Morgan fingerprint density at radius 3 is 1.23 bits per heavy atom. The molecule has 0 atom stereocenters. The normalized spacial score (nSPS) is 37.4. The Bertz CT molecular complexity index is 797. The van der Waals surface area contributed by atoms with E-state index in [1.807, 2.05) is 36.4 Å². The molecule has 2 aromatic carbocycles. The van der Waals surface area contributed by atoms with Gasteiger partial charge in [-0.05, 0) is 0 Å². The molecule has 0 N–H and O–H groups in total. The molecule has 0 radical (unpaired) electrons. The van der Waals surface area contributed by atoms with Gasteiger partial charge in [0.15, 0.2) is 0 Å². The van der Waals surface area contributed by atoms with Gasteiger partial charge in [-0.3, -0.25) is 0 Å². The van der Waals surface area contributed by atoms with E-state index in [1.165, 1.54) is 0 Å². The van der Waals surface area contributed by atoms with Crippen LogP contribution in [0.25, 0.3) is 0 Å². The molecular formula is C22H26O2Se2. The molecule has 2 bridgehead atoms. The first-order valence-electron chi connectivity index (χ1n) is 9.18. The third kappa shape index (κ3) is 1.94. The van der Waals surface area contributed by atoms with Crippen LogP contribution in [0.5, 0.6) is 0 Å². The second-order valence-electron chi connectivity index (χ2n) is 8.77. The minimum absolute atomic E-state index is 0.223. The van der Waals surface area contributed by atoms with Crippen LogP contribution in [0.3, 0.4) is 0 Å². The Hall–Kier alpha value is -0.921. The van der Waals surface area contributed by atoms with Gasteiger partial charge in [-0.2, -0.15) is 0 Å². The maximum absolute atomic E-state index is 14.4. The number of hydrogen-bond donors (Lipinski definition) is 0. The van der Waals surface area contributed by atoms with Gasteiger partial charge in [0.2, 0.25) is 0 Å². The summed E-state index contributed by atoms with van der Waals surface area (Å²) >= 11 is -5.00. The van der Waals surface area contributed by atoms with Gasteiger partial charge in [0.25, 0.3) is 0 Å². The number of benzene rings is 2. The van der Waals surface area contributed by atoms with Gasteiger partial charge in [-0.15, -0.1) is 0 Å². The molecule has 3 saturated heterocycles. The van der Waals surface area contributed by atoms with E-state index in [-0.39, 0.29) is 10.8 Å². The standard InChI is InChI=1S/C22H26O2Se2/c1-19(2)15-16-20(3,4)22(18-13-9-6-10-14-18)25(23)21(19,26(22)24)17-11-7-5-8-12-17/h5-14H,15-16H2,1-4H3. The first-order chi connectivity index (χ1) is 12.2. The summed E-state index contributed by atoms with van der Waals surface area (Å²) in [5.74, 6) is 0. The molecule has 138 valence electrons. The summed E-state index contributed by atoms with van der Waals surface area (Å²) in [5.41, 5.74) is 1.63. The van der Waals surface area contributed by atoms with E-state index in [9.17, 15) is 7.67 Å². The van der Waals surface area contributed by atoms with E-state index in [1.54, 1.807) is 0 Å². The van der Waals surface area contributed by atoms with Crippen molar-refractivity contribution in [3.63, 3.8) is 0 Å². The summed E-state index contributed by atoms with van der Waals surface area (Å²) in [6.45, 7) is 8.77. The van der Waals surface area contributed by atoms with E-state index in [0.29, 0.717) is 0 Å². The Labute approximate surface area is 164 Å². The fourth-order valence-corrected chi connectivity index (χ4v) is 21.8. The molecule has 5 rings (SSSR count). The van der Waals surface area contributed by atoms with Crippen molar-refractivity contribution in [1.29, 1.82) is 0 Å². The predicted octanol–water partition coefficient (Wildman–Crippen LogP) is 4.72. The summed E-state index contributed by atoms with van der Waals surface area (Å²) in [5, 5.41) is 0. The van der Waals surface area contributed by atoms with Crippen molar-refractivity contribution in [2.75, 3.05) is 0 Å². The summed E-state index contributed by atoms with van der Waals surface area (Å²) in [7, 11) is 0. The predicted molar refractivity (Wildman–Crippen MR) is 106 cm³/mol. The summed E-state index contributed by atoms with van der Waals surface area (Å²) in [6.07, 6.45) is 1.90. The Morgan fingerprint density at radius 1 is 0.615 bits per heavy atom. The van der Waals surface area contributed by atoms with Crippen molar-refractivity contribution in [3.05, 3.63) is 71.8 Å². The number of hydrogen-bond acceptors (Lipinski definition) is 2. The second kappa shape index (κ2) is 5.79. The van der Waals surface area contributed by atoms with Gasteiger partial charge in [-0.1, -0.05) is 0 Å². The topological polar surface area (TPSA) is 34.1 Å². The van der Waals surface area contributed by atoms with E-state index in [4.69, 9.17) is 0 Å². The molecule has 0 spiro atoms. The first kappa shape index (κ1) is 18.4. The SMILES string of the molecule is CC1(C)CCC(C)(C)C2(c3ccccc3)[Se](=O)C1(c1ccccc1)[Se]2=O. The van der Waals surface area contributed by atoms with Crippen LogP contribution in [0.15, 0.2) is 60.7 Å². The molecule has 3 heterocycles. The molecule has 3 aliphatic heterocycles. The molecule has 26 heavy (non-hydrogen) atoms. The molecule has 4 heteroatoms. The van der Waals surface area contributed by atoms with Crippen LogP contribution < -0.4 is 0 Å². The molecule has 0 unspecified atom stereocenters. The van der Waals surface area contributed by atoms with Crippen LogP contribution in [0.2, 0.25) is 0 Å². The summed E-state index contributed by atoms with van der Waals surface area (Å²) in [4.78, 5) is 0. The van der Waals surface area contributed by atoms with Crippen molar-refractivity contribution in [1.82, 2.24) is 0 Å². The van der Waals surface area contributed by atoms with Crippen LogP contribution in [-0.2, 0) is 14.1 Å². The average Bonchev–Trinajstić information content (AvgIpc) is 2.71. The Balaban J connectivity index is 2.05. The number of fused-ring (bicyclic) bond motifs is 3. The van der Waals surface area contributed by atoms with Crippen LogP contribution in [-0.4, -0.2) is 27.7 Å². The van der Waals surface area contributed by atoms with Crippen LogP contribution in [0, 0.1) is 10.8 Å². The Kier molecular flexibility index (Phi) is 4.10. The first-order valence-corrected chi connectivity index (χ1v) is 14.0. The van der Waals surface area contributed by atoms with E-state index in [2.05, 4.69) is 52.0 Å². The van der Waals surface area contributed by atoms with Crippen molar-refractivity contribution in [2.24, 2.45) is 10.8 Å². The van der Waals surface area contributed by atoms with E-state index >= 15 is 0 Å². The maximum atomic E-state index is 14.4. The monoisotopic (exact) mass is 482 g/mol. The average molecular weight is 480 g/mol.